The van der Waals surface area contributed by atoms with Gasteiger partial charge >= 0.3 is 0 Å². The van der Waals surface area contributed by atoms with Gasteiger partial charge in [0.1, 0.15) is 5.40 Å². The van der Waals surface area contributed by atoms with Gasteiger partial charge in [0.15, 0.2) is 0 Å². The van der Waals surface area contributed by atoms with Crippen molar-refractivity contribution in [1.82, 2.24) is 4.57 Å². The monoisotopic (exact) mass is 276 g/mol. The number of hydrogen-bond acceptors (Lipinski definition) is 4. The summed E-state index contributed by atoms with van der Waals surface area (Å²) in [5, 5.41) is 10.8. The van der Waals surface area contributed by atoms with Crippen molar-refractivity contribution in [3.8, 4) is 5.40 Å². The molecular formula is C14H16N2O2S. The molecule has 5 heteroatoms. The normalized spacial score (nSPS) is 22.4. The van der Waals surface area contributed by atoms with Crippen LogP contribution in [0.4, 0.5) is 0 Å². The van der Waals surface area contributed by atoms with Gasteiger partial charge in [-0.15, -0.1) is 0 Å². The van der Waals surface area contributed by atoms with Crippen LogP contribution in [0, 0.1) is 16.6 Å². The van der Waals surface area contributed by atoms with Crippen LogP contribution < -0.4 is 5.56 Å². The Labute approximate surface area is 116 Å². The smallest absolute Gasteiger partial charge is 0.265 e. The molecule has 2 fully saturated rings. The SMILES string of the molecule is N#CSc1cc(C2CC2)cn(CC2CCOC2)c1=O. The molecule has 0 aromatic carbocycles. The molecule has 0 radical (unpaired) electrons. The zero-order chi connectivity index (χ0) is 13.2. The summed E-state index contributed by atoms with van der Waals surface area (Å²) >= 11 is 0.974. The predicted octanol–water partition coefficient (Wildman–Crippen LogP) is 2.34. The molecule has 1 aromatic heterocycles. The highest BCUT2D eigenvalue weighted by atomic mass is 32.2. The summed E-state index contributed by atoms with van der Waals surface area (Å²) in [6.45, 7) is 2.24. The third-order valence-electron chi connectivity index (χ3n) is 3.76. The molecule has 1 atom stereocenters. The van der Waals surface area contributed by atoms with E-state index < -0.39 is 0 Å². The summed E-state index contributed by atoms with van der Waals surface area (Å²) in [7, 11) is 0. The lowest BCUT2D eigenvalue weighted by molar-refractivity contribution is 0.182. The van der Waals surface area contributed by atoms with Crippen LogP contribution in [0.3, 0.4) is 0 Å². The Hall–Kier alpha value is -1.25. The van der Waals surface area contributed by atoms with Crippen molar-refractivity contribution in [3.63, 3.8) is 0 Å². The maximum Gasteiger partial charge on any atom is 0.265 e. The van der Waals surface area contributed by atoms with Crippen LogP contribution in [-0.4, -0.2) is 17.8 Å². The average molecular weight is 276 g/mol. The molecule has 100 valence electrons. The quantitative estimate of drug-likeness (QED) is 0.625. The van der Waals surface area contributed by atoms with Gasteiger partial charge in [0, 0.05) is 25.3 Å². The summed E-state index contributed by atoms with van der Waals surface area (Å²) in [4.78, 5) is 12.9. The third-order valence-corrected chi connectivity index (χ3v) is 4.36. The number of thioether (sulfide) groups is 1. The van der Waals surface area contributed by atoms with E-state index in [-0.39, 0.29) is 5.56 Å². The first-order valence-corrected chi connectivity index (χ1v) is 7.47. The molecule has 0 amide bonds. The van der Waals surface area contributed by atoms with E-state index in [1.54, 1.807) is 4.57 Å². The molecular weight excluding hydrogens is 260 g/mol. The number of rotatable bonds is 4. The fraction of sp³-hybridized carbons (Fsp3) is 0.571. The van der Waals surface area contributed by atoms with Gasteiger partial charge < -0.3 is 9.30 Å². The van der Waals surface area contributed by atoms with E-state index in [2.05, 4.69) is 0 Å². The average Bonchev–Trinajstić information content (AvgIpc) is 3.13. The van der Waals surface area contributed by atoms with Crippen LogP contribution in [0.1, 0.15) is 30.7 Å². The highest BCUT2D eigenvalue weighted by Gasteiger charge is 2.26. The third kappa shape index (κ3) is 2.85. The van der Waals surface area contributed by atoms with Gasteiger partial charge in [-0.05, 0) is 48.6 Å². The minimum absolute atomic E-state index is 0.0390. The second-order valence-electron chi connectivity index (χ2n) is 5.29. The van der Waals surface area contributed by atoms with Crippen LogP contribution in [0.5, 0.6) is 0 Å². The molecule has 0 bridgehead atoms. The summed E-state index contributed by atoms with van der Waals surface area (Å²) in [6, 6.07) is 1.90. The van der Waals surface area contributed by atoms with Crippen LogP contribution in [0.25, 0.3) is 0 Å². The molecule has 1 saturated heterocycles. The summed E-state index contributed by atoms with van der Waals surface area (Å²) in [6.07, 6.45) is 5.39. The van der Waals surface area contributed by atoms with Gasteiger partial charge in [0.05, 0.1) is 11.5 Å². The predicted molar refractivity (Wildman–Crippen MR) is 73.1 cm³/mol. The first-order chi connectivity index (χ1) is 9.28. The van der Waals surface area contributed by atoms with Crippen molar-refractivity contribution < 1.29 is 4.74 Å². The number of pyridine rings is 1. The van der Waals surface area contributed by atoms with Gasteiger partial charge in [-0.3, -0.25) is 4.79 Å². The number of hydrogen-bond donors (Lipinski definition) is 0. The molecule has 2 heterocycles. The Morgan fingerprint density at radius 1 is 1.47 bits per heavy atom. The van der Waals surface area contributed by atoms with E-state index in [9.17, 15) is 4.79 Å². The van der Waals surface area contributed by atoms with Crippen molar-refractivity contribution in [1.29, 1.82) is 5.26 Å². The molecule has 1 aliphatic heterocycles. The Morgan fingerprint density at radius 2 is 2.32 bits per heavy atom. The molecule has 2 aliphatic rings. The van der Waals surface area contributed by atoms with Crippen molar-refractivity contribution in [2.24, 2.45) is 5.92 Å². The zero-order valence-corrected chi connectivity index (χ0v) is 11.5. The summed E-state index contributed by atoms with van der Waals surface area (Å²) in [5.41, 5.74) is 1.17. The second-order valence-corrected chi connectivity index (χ2v) is 6.12. The highest BCUT2D eigenvalue weighted by molar-refractivity contribution is 8.03. The van der Waals surface area contributed by atoms with Crippen LogP contribution in [0.2, 0.25) is 0 Å². The number of ether oxygens (including phenoxy) is 1. The Bertz CT molecular complexity index is 566. The summed E-state index contributed by atoms with van der Waals surface area (Å²) < 4.78 is 7.15. The minimum Gasteiger partial charge on any atom is -0.381 e. The molecule has 0 spiro atoms. The van der Waals surface area contributed by atoms with E-state index in [1.807, 2.05) is 17.7 Å². The fourth-order valence-electron chi connectivity index (χ4n) is 2.53. The van der Waals surface area contributed by atoms with Gasteiger partial charge in [0.25, 0.3) is 5.56 Å². The summed E-state index contributed by atoms with van der Waals surface area (Å²) in [5.74, 6) is 1.01. The van der Waals surface area contributed by atoms with E-state index in [4.69, 9.17) is 10.00 Å². The number of nitriles is 1. The zero-order valence-electron chi connectivity index (χ0n) is 10.7. The van der Waals surface area contributed by atoms with Crippen molar-refractivity contribution >= 4 is 11.8 Å². The lowest BCUT2D eigenvalue weighted by Crippen LogP contribution is -2.25. The molecule has 19 heavy (non-hydrogen) atoms. The van der Waals surface area contributed by atoms with E-state index >= 15 is 0 Å². The molecule has 1 aromatic rings. The van der Waals surface area contributed by atoms with Crippen LogP contribution in [0.15, 0.2) is 22.0 Å². The first kappa shape index (κ1) is 12.8. The second kappa shape index (κ2) is 5.40. The standard InChI is InChI=1S/C14H16N2O2S/c15-9-19-13-5-12(11-1-2-11)7-16(14(13)17)6-10-3-4-18-8-10/h5,7,10-11H,1-4,6,8H2. The molecule has 0 N–H and O–H groups in total. The maximum atomic E-state index is 12.3. The lowest BCUT2D eigenvalue weighted by Gasteiger charge is -2.13. The Balaban J connectivity index is 1.91. The number of aromatic nitrogens is 1. The van der Waals surface area contributed by atoms with Crippen LogP contribution in [-0.2, 0) is 11.3 Å². The first-order valence-electron chi connectivity index (χ1n) is 6.66. The topological polar surface area (TPSA) is 55.0 Å². The van der Waals surface area contributed by atoms with E-state index in [0.29, 0.717) is 23.3 Å². The minimum atomic E-state index is -0.0390. The molecule has 1 unspecified atom stereocenters. The van der Waals surface area contributed by atoms with Crippen molar-refractivity contribution in [2.75, 3.05) is 13.2 Å². The Kier molecular flexibility index (Phi) is 3.63. The molecule has 1 aliphatic carbocycles. The van der Waals surface area contributed by atoms with Crippen molar-refractivity contribution in [3.05, 3.63) is 28.2 Å². The van der Waals surface area contributed by atoms with E-state index in [0.717, 1.165) is 31.4 Å². The largest absolute Gasteiger partial charge is 0.381 e. The Morgan fingerprint density at radius 3 is 2.95 bits per heavy atom. The van der Waals surface area contributed by atoms with Gasteiger partial charge in [-0.25, -0.2) is 0 Å². The van der Waals surface area contributed by atoms with E-state index in [1.165, 1.54) is 18.4 Å². The van der Waals surface area contributed by atoms with Crippen molar-refractivity contribution in [2.45, 2.75) is 36.6 Å². The van der Waals surface area contributed by atoms with Gasteiger partial charge in [-0.2, -0.15) is 5.26 Å². The fourth-order valence-corrected chi connectivity index (χ4v) is 3.03. The molecule has 1 saturated carbocycles. The van der Waals surface area contributed by atoms with Gasteiger partial charge in [0.2, 0.25) is 0 Å². The molecule has 3 rings (SSSR count). The highest BCUT2D eigenvalue weighted by Crippen LogP contribution is 2.40. The number of nitrogens with zero attached hydrogens (tertiary/aromatic N) is 2. The lowest BCUT2D eigenvalue weighted by atomic mass is 10.1. The van der Waals surface area contributed by atoms with Crippen LogP contribution >= 0.6 is 11.8 Å². The van der Waals surface area contributed by atoms with Gasteiger partial charge in [-0.1, -0.05) is 0 Å². The number of thiocyanates is 1. The maximum absolute atomic E-state index is 12.3. The molecule has 4 nitrogen and oxygen atoms in total.